The maximum absolute atomic E-state index is 13.7. The van der Waals surface area contributed by atoms with E-state index in [2.05, 4.69) is 10.3 Å². The third kappa shape index (κ3) is 4.31. The molecule has 4 nitrogen and oxygen atoms in total. The van der Waals surface area contributed by atoms with Crippen molar-refractivity contribution in [2.45, 2.75) is 13.5 Å². The molecule has 1 amide bonds. The number of aromatic nitrogens is 1. The fraction of sp³-hybridized carbons (Fsp3) is 0.143. The average Bonchev–Trinajstić information content (AvgIpc) is 2.73. The molecule has 1 aromatic heterocycles. The fourth-order valence-corrected chi connectivity index (χ4v) is 2.68. The van der Waals surface area contributed by atoms with Crippen molar-refractivity contribution in [1.29, 1.82) is 0 Å². The van der Waals surface area contributed by atoms with Crippen LogP contribution in [-0.2, 0) is 6.54 Å². The SMILES string of the molecule is CCN(Cc1ccccc1)c1ccc(C(=O)Nc2ccc(F)c(F)c2F)cn1. The summed E-state index contributed by atoms with van der Waals surface area (Å²) in [6, 6.07) is 14.8. The second-order valence-corrected chi connectivity index (χ2v) is 6.08. The summed E-state index contributed by atoms with van der Waals surface area (Å²) in [4.78, 5) is 18.6. The van der Waals surface area contributed by atoms with Crippen LogP contribution in [0.3, 0.4) is 0 Å². The smallest absolute Gasteiger partial charge is 0.257 e. The quantitative estimate of drug-likeness (QED) is 0.622. The number of nitrogens with one attached hydrogen (secondary N) is 1. The van der Waals surface area contributed by atoms with Gasteiger partial charge < -0.3 is 10.2 Å². The van der Waals surface area contributed by atoms with Gasteiger partial charge in [-0.3, -0.25) is 4.79 Å². The molecule has 28 heavy (non-hydrogen) atoms. The predicted octanol–water partition coefficient (Wildman–Crippen LogP) is 4.78. The summed E-state index contributed by atoms with van der Waals surface area (Å²) in [5.41, 5.74) is 0.859. The highest BCUT2D eigenvalue weighted by Crippen LogP contribution is 2.21. The number of rotatable bonds is 6. The zero-order valence-corrected chi connectivity index (χ0v) is 15.1. The molecule has 0 atom stereocenters. The van der Waals surface area contributed by atoms with E-state index >= 15 is 0 Å². The molecule has 0 radical (unpaired) electrons. The first-order valence-electron chi connectivity index (χ1n) is 8.69. The first-order valence-corrected chi connectivity index (χ1v) is 8.69. The Morgan fingerprint density at radius 2 is 1.75 bits per heavy atom. The lowest BCUT2D eigenvalue weighted by Crippen LogP contribution is -2.23. The summed E-state index contributed by atoms with van der Waals surface area (Å²) < 4.78 is 40.0. The van der Waals surface area contributed by atoms with Crippen molar-refractivity contribution in [3.8, 4) is 0 Å². The van der Waals surface area contributed by atoms with Crippen LogP contribution in [0.15, 0.2) is 60.8 Å². The summed E-state index contributed by atoms with van der Waals surface area (Å²) in [5, 5.41) is 2.22. The molecular formula is C21H18F3N3O. The summed E-state index contributed by atoms with van der Waals surface area (Å²) in [5.74, 6) is -4.39. The van der Waals surface area contributed by atoms with Gasteiger partial charge >= 0.3 is 0 Å². The Labute approximate surface area is 160 Å². The third-order valence-electron chi connectivity index (χ3n) is 4.22. The Morgan fingerprint density at radius 1 is 1.00 bits per heavy atom. The van der Waals surface area contributed by atoms with Gasteiger partial charge in [0.15, 0.2) is 17.5 Å². The van der Waals surface area contributed by atoms with Gasteiger partial charge in [-0.25, -0.2) is 18.2 Å². The lowest BCUT2D eigenvalue weighted by atomic mass is 10.2. The Morgan fingerprint density at radius 3 is 2.39 bits per heavy atom. The van der Waals surface area contributed by atoms with E-state index in [-0.39, 0.29) is 5.56 Å². The van der Waals surface area contributed by atoms with Crippen LogP contribution < -0.4 is 10.2 Å². The van der Waals surface area contributed by atoms with E-state index in [1.165, 1.54) is 6.20 Å². The highest BCUT2D eigenvalue weighted by atomic mass is 19.2. The number of pyridine rings is 1. The number of hydrogen-bond donors (Lipinski definition) is 1. The van der Waals surface area contributed by atoms with Gasteiger partial charge in [-0.05, 0) is 36.8 Å². The normalized spacial score (nSPS) is 10.6. The minimum Gasteiger partial charge on any atom is -0.353 e. The van der Waals surface area contributed by atoms with E-state index in [1.54, 1.807) is 12.1 Å². The van der Waals surface area contributed by atoms with Crippen LogP contribution in [-0.4, -0.2) is 17.4 Å². The zero-order chi connectivity index (χ0) is 20.1. The van der Waals surface area contributed by atoms with Gasteiger partial charge in [-0.2, -0.15) is 0 Å². The van der Waals surface area contributed by atoms with Crippen molar-refractivity contribution < 1.29 is 18.0 Å². The summed E-state index contributed by atoms with van der Waals surface area (Å²) >= 11 is 0. The van der Waals surface area contributed by atoms with Crippen LogP contribution in [0.2, 0.25) is 0 Å². The topological polar surface area (TPSA) is 45.2 Å². The second kappa shape index (κ2) is 8.56. The Kier molecular flexibility index (Phi) is 5.93. The maximum atomic E-state index is 13.7. The molecule has 0 aliphatic rings. The Bertz CT molecular complexity index is 963. The number of nitrogens with zero attached hydrogens (tertiary/aromatic N) is 2. The minimum atomic E-state index is -1.63. The molecule has 144 valence electrons. The van der Waals surface area contributed by atoms with Crippen LogP contribution in [0.25, 0.3) is 0 Å². The summed E-state index contributed by atoms with van der Waals surface area (Å²) in [6.45, 7) is 3.38. The lowest BCUT2D eigenvalue weighted by Gasteiger charge is -2.22. The zero-order valence-electron chi connectivity index (χ0n) is 15.1. The highest BCUT2D eigenvalue weighted by molar-refractivity contribution is 6.04. The maximum Gasteiger partial charge on any atom is 0.257 e. The number of hydrogen-bond acceptors (Lipinski definition) is 3. The molecular weight excluding hydrogens is 367 g/mol. The van der Waals surface area contributed by atoms with E-state index in [0.29, 0.717) is 18.9 Å². The number of carbonyl (C=O) groups is 1. The van der Waals surface area contributed by atoms with Gasteiger partial charge in [0, 0.05) is 19.3 Å². The molecule has 1 heterocycles. The number of amides is 1. The number of carbonyl (C=O) groups excluding carboxylic acids is 1. The van der Waals surface area contributed by atoms with Gasteiger partial charge in [0.25, 0.3) is 5.91 Å². The average molecular weight is 385 g/mol. The van der Waals surface area contributed by atoms with Crippen molar-refractivity contribution in [2.24, 2.45) is 0 Å². The van der Waals surface area contributed by atoms with Crippen LogP contribution in [0, 0.1) is 17.5 Å². The first kappa shape index (κ1) is 19.4. The largest absolute Gasteiger partial charge is 0.353 e. The second-order valence-electron chi connectivity index (χ2n) is 6.08. The Balaban J connectivity index is 1.72. The van der Waals surface area contributed by atoms with E-state index in [4.69, 9.17) is 0 Å². The highest BCUT2D eigenvalue weighted by Gasteiger charge is 2.16. The molecule has 0 aliphatic heterocycles. The Hall–Kier alpha value is -3.35. The van der Waals surface area contributed by atoms with E-state index in [0.717, 1.165) is 17.7 Å². The minimum absolute atomic E-state index is 0.170. The number of halogens is 3. The van der Waals surface area contributed by atoms with E-state index in [1.807, 2.05) is 42.2 Å². The van der Waals surface area contributed by atoms with Gasteiger partial charge in [0.05, 0.1) is 11.3 Å². The van der Waals surface area contributed by atoms with Gasteiger partial charge in [0.1, 0.15) is 5.82 Å². The molecule has 3 rings (SSSR count). The van der Waals surface area contributed by atoms with Crippen LogP contribution in [0.4, 0.5) is 24.7 Å². The van der Waals surface area contributed by atoms with Crippen molar-refractivity contribution >= 4 is 17.4 Å². The van der Waals surface area contributed by atoms with E-state index in [9.17, 15) is 18.0 Å². The first-order chi connectivity index (χ1) is 13.5. The molecule has 0 fully saturated rings. The molecule has 2 aromatic carbocycles. The monoisotopic (exact) mass is 385 g/mol. The molecule has 7 heteroatoms. The van der Waals surface area contributed by atoms with Crippen LogP contribution >= 0.6 is 0 Å². The van der Waals surface area contributed by atoms with Gasteiger partial charge in [-0.15, -0.1) is 0 Å². The van der Waals surface area contributed by atoms with Gasteiger partial charge in [0.2, 0.25) is 0 Å². The molecule has 3 aromatic rings. The molecule has 0 saturated heterocycles. The molecule has 0 unspecified atom stereocenters. The van der Waals surface area contributed by atoms with E-state index < -0.39 is 29.0 Å². The summed E-state index contributed by atoms with van der Waals surface area (Å²) in [6.07, 6.45) is 1.36. The predicted molar refractivity (Wildman–Crippen MR) is 102 cm³/mol. The molecule has 0 bridgehead atoms. The van der Waals surface area contributed by atoms with Crippen LogP contribution in [0.5, 0.6) is 0 Å². The summed E-state index contributed by atoms with van der Waals surface area (Å²) in [7, 11) is 0. The van der Waals surface area contributed by atoms with Crippen molar-refractivity contribution in [3.63, 3.8) is 0 Å². The van der Waals surface area contributed by atoms with Crippen LogP contribution in [0.1, 0.15) is 22.8 Å². The number of anilines is 2. The van der Waals surface area contributed by atoms with Crippen molar-refractivity contribution in [1.82, 2.24) is 4.98 Å². The number of benzene rings is 2. The fourth-order valence-electron chi connectivity index (χ4n) is 2.68. The van der Waals surface area contributed by atoms with Crippen molar-refractivity contribution in [2.75, 3.05) is 16.8 Å². The molecule has 0 aliphatic carbocycles. The third-order valence-corrected chi connectivity index (χ3v) is 4.22. The lowest BCUT2D eigenvalue weighted by molar-refractivity contribution is 0.102. The molecule has 0 spiro atoms. The standard InChI is InChI=1S/C21H18F3N3O/c1-2-27(13-14-6-4-3-5-7-14)18-11-8-15(12-25-18)21(28)26-17-10-9-16(22)19(23)20(17)24/h3-12H,2,13H2,1H3,(H,26,28). The van der Waals surface area contributed by atoms with Crippen molar-refractivity contribution in [3.05, 3.63) is 89.4 Å². The molecule has 0 saturated carbocycles. The van der Waals surface area contributed by atoms with Gasteiger partial charge in [-0.1, -0.05) is 30.3 Å². The molecule has 1 N–H and O–H groups in total.